The normalized spacial score (nSPS) is 10.9. The van der Waals surface area contributed by atoms with Gasteiger partial charge in [-0.3, -0.25) is 14.4 Å². The Hall–Kier alpha value is -5.02. The fourth-order valence-electron chi connectivity index (χ4n) is 3.97. The first-order valence-electron chi connectivity index (χ1n) is 13.1. The minimum absolute atomic E-state index is 0.00550. The molecule has 0 saturated carbocycles. The molecule has 0 aliphatic rings. The quantitative estimate of drug-likeness (QED) is 0.145. The molecule has 0 aliphatic carbocycles. The van der Waals surface area contributed by atoms with Crippen molar-refractivity contribution in [3.8, 4) is 11.5 Å². The monoisotopic (exact) mass is 581 g/mol. The van der Waals surface area contributed by atoms with Gasteiger partial charge < -0.3 is 25.4 Å². The van der Waals surface area contributed by atoms with Crippen LogP contribution in [0.25, 0.3) is 6.08 Å². The lowest BCUT2D eigenvalue weighted by molar-refractivity contribution is -0.114. The van der Waals surface area contributed by atoms with Gasteiger partial charge in [-0.25, -0.2) is 0 Å². The Morgan fingerprint density at radius 1 is 0.786 bits per heavy atom. The number of rotatable bonds is 11. The van der Waals surface area contributed by atoms with Gasteiger partial charge in [0, 0.05) is 27.4 Å². The van der Waals surface area contributed by atoms with Crippen LogP contribution in [0.3, 0.4) is 0 Å². The number of hydrogen-bond acceptors (Lipinski definition) is 6. The molecule has 0 aromatic heterocycles. The largest absolute Gasteiger partial charge is 0.493 e. The highest BCUT2D eigenvalue weighted by Gasteiger charge is 2.17. The van der Waals surface area contributed by atoms with Crippen molar-refractivity contribution in [1.29, 1.82) is 0 Å². The highest BCUT2D eigenvalue weighted by molar-refractivity contribution is 8.00. The van der Waals surface area contributed by atoms with Crippen molar-refractivity contribution >= 4 is 46.9 Å². The number of para-hydroxylation sites is 1. The van der Waals surface area contributed by atoms with Gasteiger partial charge in [-0.1, -0.05) is 54.1 Å². The molecule has 0 spiro atoms. The lowest BCUT2D eigenvalue weighted by Gasteiger charge is -2.14. The zero-order valence-corrected chi connectivity index (χ0v) is 24.3. The van der Waals surface area contributed by atoms with Crippen molar-refractivity contribution in [3.05, 3.63) is 119 Å². The molecule has 8 nitrogen and oxygen atoms in total. The summed E-state index contributed by atoms with van der Waals surface area (Å²) in [6.45, 7) is 1.98. The lowest BCUT2D eigenvalue weighted by atomic mass is 10.1. The number of benzene rings is 4. The van der Waals surface area contributed by atoms with Gasteiger partial charge in [0.05, 0.1) is 20.0 Å². The highest BCUT2D eigenvalue weighted by Crippen LogP contribution is 2.32. The Labute approximate surface area is 249 Å². The number of thioether (sulfide) groups is 1. The van der Waals surface area contributed by atoms with Gasteiger partial charge in [0.2, 0.25) is 5.91 Å². The van der Waals surface area contributed by atoms with Gasteiger partial charge in [-0.2, -0.15) is 0 Å². The van der Waals surface area contributed by atoms with Gasteiger partial charge in [-0.15, -0.1) is 11.8 Å². The average molecular weight is 582 g/mol. The molecule has 0 unspecified atom stereocenters. The Morgan fingerprint density at radius 2 is 1.52 bits per heavy atom. The molecule has 0 radical (unpaired) electrons. The van der Waals surface area contributed by atoms with Crippen molar-refractivity contribution < 1.29 is 23.9 Å². The van der Waals surface area contributed by atoms with Crippen molar-refractivity contribution in [2.24, 2.45) is 0 Å². The molecule has 9 heteroatoms. The summed E-state index contributed by atoms with van der Waals surface area (Å²) in [6, 6.07) is 28.6. The Balaban J connectivity index is 1.51. The molecule has 4 aromatic carbocycles. The number of carbonyl (C=O) groups excluding carboxylic acids is 3. The van der Waals surface area contributed by atoms with Gasteiger partial charge >= 0.3 is 0 Å². The molecular formula is C33H31N3O5S. The predicted molar refractivity (Wildman–Crippen MR) is 167 cm³/mol. The van der Waals surface area contributed by atoms with Crippen LogP contribution in [-0.2, 0) is 9.59 Å². The second kappa shape index (κ2) is 14.6. The number of aryl methyl sites for hydroxylation is 1. The van der Waals surface area contributed by atoms with Crippen LogP contribution in [0.4, 0.5) is 11.4 Å². The van der Waals surface area contributed by atoms with Gasteiger partial charge in [0.1, 0.15) is 5.70 Å². The second-order valence-electron chi connectivity index (χ2n) is 9.15. The Kier molecular flexibility index (Phi) is 10.4. The molecule has 214 valence electrons. The molecule has 0 heterocycles. The summed E-state index contributed by atoms with van der Waals surface area (Å²) in [6.07, 6.45) is 1.53. The van der Waals surface area contributed by atoms with E-state index in [9.17, 15) is 14.4 Å². The van der Waals surface area contributed by atoms with E-state index in [0.717, 1.165) is 16.1 Å². The van der Waals surface area contributed by atoms with E-state index in [4.69, 9.17) is 9.47 Å². The molecule has 0 atom stereocenters. The van der Waals surface area contributed by atoms with Crippen molar-refractivity contribution in [3.63, 3.8) is 0 Å². The first kappa shape index (κ1) is 30.0. The SMILES string of the molecule is COc1cccc(/C=C(/NC(=O)c2ccccc2)C(=O)Nc2cccc(SCC(=O)Nc3ccc(C)cc3)c2)c1OC. The average Bonchev–Trinajstić information content (AvgIpc) is 3.01. The van der Waals surface area contributed by atoms with Crippen molar-refractivity contribution in [2.45, 2.75) is 11.8 Å². The number of nitrogens with one attached hydrogen (secondary N) is 3. The number of methoxy groups -OCH3 is 2. The summed E-state index contributed by atoms with van der Waals surface area (Å²) in [5.74, 6) is -0.0252. The first-order chi connectivity index (χ1) is 20.4. The number of ether oxygens (including phenoxy) is 2. The van der Waals surface area contributed by atoms with E-state index in [1.165, 1.54) is 32.1 Å². The lowest BCUT2D eigenvalue weighted by Crippen LogP contribution is -2.30. The van der Waals surface area contributed by atoms with E-state index in [1.807, 2.05) is 37.3 Å². The fourth-order valence-corrected chi connectivity index (χ4v) is 4.72. The van der Waals surface area contributed by atoms with E-state index in [2.05, 4.69) is 16.0 Å². The maximum Gasteiger partial charge on any atom is 0.272 e. The molecule has 0 aliphatic heterocycles. The van der Waals surface area contributed by atoms with Crippen molar-refractivity contribution in [1.82, 2.24) is 5.32 Å². The van der Waals surface area contributed by atoms with Crippen LogP contribution in [-0.4, -0.2) is 37.7 Å². The van der Waals surface area contributed by atoms with Crippen LogP contribution in [0.2, 0.25) is 0 Å². The predicted octanol–water partition coefficient (Wildman–Crippen LogP) is 6.15. The van der Waals surface area contributed by atoms with E-state index < -0.39 is 11.8 Å². The molecule has 42 heavy (non-hydrogen) atoms. The Morgan fingerprint density at radius 3 is 2.24 bits per heavy atom. The number of anilines is 2. The highest BCUT2D eigenvalue weighted by atomic mass is 32.2. The van der Waals surface area contributed by atoms with Crippen LogP contribution in [0, 0.1) is 6.92 Å². The summed E-state index contributed by atoms with van der Waals surface area (Å²) in [5.41, 5.74) is 3.29. The standard InChI is InChI=1S/C33H31N3O5S/c1-22-15-17-25(18-16-22)34-30(37)21-42-27-13-8-12-26(20-27)35-33(39)28(36-32(38)23-9-5-4-6-10-23)19-24-11-7-14-29(40-2)31(24)41-3/h4-20H,21H2,1-3H3,(H,34,37)(H,35,39)(H,36,38)/b28-19+. The van der Waals surface area contributed by atoms with Gasteiger partial charge in [0.15, 0.2) is 11.5 Å². The van der Waals surface area contributed by atoms with E-state index in [0.29, 0.717) is 28.3 Å². The zero-order valence-electron chi connectivity index (χ0n) is 23.5. The van der Waals surface area contributed by atoms with E-state index in [-0.39, 0.29) is 17.4 Å². The van der Waals surface area contributed by atoms with Crippen LogP contribution >= 0.6 is 11.8 Å². The molecule has 0 saturated heterocycles. The van der Waals surface area contributed by atoms with Gasteiger partial charge in [0.25, 0.3) is 11.8 Å². The minimum Gasteiger partial charge on any atom is -0.493 e. The van der Waals surface area contributed by atoms with Crippen LogP contribution in [0.1, 0.15) is 21.5 Å². The number of amides is 3. The summed E-state index contributed by atoms with van der Waals surface area (Å²) < 4.78 is 10.9. The zero-order chi connectivity index (χ0) is 29.9. The maximum atomic E-state index is 13.5. The third-order valence-electron chi connectivity index (χ3n) is 6.06. The van der Waals surface area contributed by atoms with Crippen molar-refractivity contribution in [2.75, 3.05) is 30.6 Å². The molecule has 0 fully saturated rings. The Bertz CT molecular complexity index is 1590. The minimum atomic E-state index is -0.539. The summed E-state index contributed by atoms with van der Waals surface area (Å²) in [4.78, 5) is 39.7. The third kappa shape index (κ3) is 8.25. The summed E-state index contributed by atoms with van der Waals surface area (Å²) in [7, 11) is 3.02. The van der Waals surface area contributed by atoms with Crippen LogP contribution in [0.5, 0.6) is 11.5 Å². The molecule has 0 bridgehead atoms. The smallest absolute Gasteiger partial charge is 0.272 e. The van der Waals surface area contributed by atoms with E-state index >= 15 is 0 Å². The number of hydrogen-bond donors (Lipinski definition) is 3. The first-order valence-corrected chi connectivity index (χ1v) is 14.0. The molecule has 3 amide bonds. The van der Waals surface area contributed by atoms with Crippen LogP contribution in [0.15, 0.2) is 108 Å². The van der Waals surface area contributed by atoms with E-state index in [1.54, 1.807) is 66.7 Å². The number of carbonyl (C=O) groups is 3. The second-order valence-corrected chi connectivity index (χ2v) is 10.2. The third-order valence-corrected chi connectivity index (χ3v) is 7.05. The molecule has 4 aromatic rings. The maximum absolute atomic E-state index is 13.5. The van der Waals surface area contributed by atoms with Gasteiger partial charge in [-0.05, 0) is 61.5 Å². The topological polar surface area (TPSA) is 106 Å². The summed E-state index contributed by atoms with van der Waals surface area (Å²) >= 11 is 1.34. The molecule has 4 rings (SSSR count). The molecule has 3 N–H and O–H groups in total. The summed E-state index contributed by atoms with van der Waals surface area (Å²) in [5, 5.41) is 8.46. The fraction of sp³-hybridized carbons (Fsp3) is 0.121. The molecular weight excluding hydrogens is 550 g/mol. The van der Waals surface area contributed by atoms with Crippen LogP contribution < -0.4 is 25.4 Å².